The molecule has 14 rings (SSSR count). The number of hydrogen-bond acceptors (Lipinski definition) is 1. The summed E-state index contributed by atoms with van der Waals surface area (Å²) in [5.74, 6) is 0. The Bertz CT molecular complexity index is 3810. The molecule has 1 nitrogen and oxygen atoms in total. The average Bonchev–Trinajstić information content (AvgIpc) is 3.98. The van der Waals surface area contributed by atoms with Gasteiger partial charge in [-0.3, -0.25) is 0 Å². The fourth-order valence-electron chi connectivity index (χ4n) is 12.7. The zero-order chi connectivity index (χ0) is 45.8. The van der Waals surface area contributed by atoms with Gasteiger partial charge in [-0.05, 0) is 142 Å². The van der Waals surface area contributed by atoms with E-state index in [9.17, 15) is 0 Å². The lowest BCUT2D eigenvalue weighted by Gasteiger charge is -2.32. The van der Waals surface area contributed by atoms with E-state index in [1.165, 1.54) is 111 Å². The molecule has 1 spiro atoms. The van der Waals surface area contributed by atoms with Gasteiger partial charge in [-0.15, -0.1) is 0 Å². The van der Waals surface area contributed by atoms with Gasteiger partial charge in [-0.1, -0.05) is 226 Å². The van der Waals surface area contributed by atoms with Gasteiger partial charge in [0.15, 0.2) is 0 Å². The molecule has 3 aliphatic rings. The Kier molecular flexibility index (Phi) is 8.61. The molecular formula is C68H47N. The van der Waals surface area contributed by atoms with Gasteiger partial charge in [-0.2, -0.15) is 0 Å². The maximum Gasteiger partial charge on any atom is 0.0731 e. The minimum absolute atomic E-state index is 0.106. The molecule has 11 aromatic carbocycles. The lowest BCUT2D eigenvalue weighted by molar-refractivity contribution is 0.660. The Labute approximate surface area is 404 Å². The molecule has 0 aliphatic heterocycles. The Morgan fingerprint density at radius 3 is 1.41 bits per heavy atom. The zero-order valence-corrected chi connectivity index (χ0v) is 38.6. The monoisotopic (exact) mass is 877 g/mol. The quantitative estimate of drug-likeness (QED) is 0.161. The van der Waals surface area contributed by atoms with Gasteiger partial charge in [0.1, 0.15) is 0 Å². The maximum atomic E-state index is 2.46. The third kappa shape index (κ3) is 5.65. The number of fused-ring (bicyclic) bond motifs is 14. The van der Waals surface area contributed by atoms with Crippen LogP contribution in [0.1, 0.15) is 47.2 Å². The molecule has 0 bridgehead atoms. The highest BCUT2D eigenvalue weighted by molar-refractivity contribution is 6.01. The Balaban J connectivity index is 0.946. The highest BCUT2D eigenvalue weighted by Crippen LogP contribution is 2.64. The van der Waals surface area contributed by atoms with E-state index in [1.54, 1.807) is 0 Å². The summed E-state index contributed by atoms with van der Waals surface area (Å²) >= 11 is 0. The molecule has 0 aromatic heterocycles. The SMILES string of the molecule is CC1(C)c2ccccc2-c2c(-c3ccccc3N(c3ccc(-c4ccc5ccccc5c4)cc3)c3ccc(-c4cccc5c4C4(c6ccccc6-c6ccccc64)c4ccccc4-5)cc3)cccc21. The van der Waals surface area contributed by atoms with Crippen molar-refractivity contribution in [2.45, 2.75) is 24.7 Å². The van der Waals surface area contributed by atoms with Crippen molar-refractivity contribution in [3.63, 3.8) is 0 Å². The first-order valence-corrected chi connectivity index (χ1v) is 24.3. The normalized spacial score (nSPS) is 13.9. The van der Waals surface area contributed by atoms with Crippen LogP contribution in [-0.2, 0) is 10.8 Å². The van der Waals surface area contributed by atoms with E-state index in [0.29, 0.717) is 0 Å². The number of benzene rings is 11. The van der Waals surface area contributed by atoms with Crippen molar-refractivity contribution in [2.24, 2.45) is 0 Å². The molecule has 0 fully saturated rings. The van der Waals surface area contributed by atoms with E-state index < -0.39 is 5.41 Å². The van der Waals surface area contributed by atoms with Crippen LogP contribution in [0.2, 0.25) is 0 Å². The first-order chi connectivity index (χ1) is 34.0. The summed E-state index contributed by atoms with van der Waals surface area (Å²) in [6, 6.07) is 93.0. The van der Waals surface area contributed by atoms with Crippen LogP contribution in [-0.4, -0.2) is 0 Å². The number of hydrogen-bond donors (Lipinski definition) is 0. The Morgan fingerprint density at radius 2 is 0.739 bits per heavy atom. The Morgan fingerprint density at radius 1 is 0.290 bits per heavy atom. The van der Waals surface area contributed by atoms with Crippen LogP contribution >= 0.6 is 0 Å². The highest BCUT2D eigenvalue weighted by atomic mass is 15.1. The number of rotatable bonds is 6. The van der Waals surface area contributed by atoms with Crippen molar-refractivity contribution >= 4 is 27.8 Å². The van der Waals surface area contributed by atoms with Gasteiger partial charge in [-0.25, -0.2) is 0 Å². The second kappa shape index (κ2) is 15.0. The minimum Gasteiger partial charge on any atom is -0.310 e. The van der Waals surface area contributed by atoms with Gasteiger partial charge in [0.05, 0.1) is 11.1 Å². The molecule has 0 saturated heterocycles. The van der Waals surface area contributed by atoms with Crippen LogP contribution in [0.15, 0.2) is 249 Å². The molecule has 324 valence electrons. The van der Waals surface area contributed by atoms with Gasteiger partial charge in [0.25, 0.3) is 0 Å². The fraction of sp³-hybridized carbons (Fsp3) is 0.0588. The van der Waals surface area contributed by atoms with Crippen LogP contribution in [0.5, 0.6) is 0 Å². The van der Waals surface area contributed by atoms with E-state index >= 15 is 0 Å². The van der Waals surface area contributed by atoms with Crippen molar-refractivity contribution < 1.29 is 0 Å². The third-order valence-corrected chi connectivity index (χ3v) is 15.7. The van der Waals surface area contributed by atoms with Crippen molar-refractivity contribution in [3.05, 3.63) is 282 Å². The molecule has 3 aliphatic carbocycles. The summed E-state index contributed by atoms with van der Waals surface area (Å²) < 4.78 is 0. The summed E-state index contributed by atoms with van der Waals surface area (Å²) in [7, 11) is 0. The topological polar surface area (TPSA) is 3.24 Å². The fourth-order valence-corrected chi connectivity index (χ4v) is 12.7. The molecule has 0 atom stereocenters. The summed E-state index contributed by atoms with van der Waals surface area (Å²) in [6.07, 6.45) is 0. The second-order valence-electron chi connectivity index (χ2n) is 19.5. The zero-order valence-electron chi connectivity index (χ0n) is 38.6. The molecule has 69 heavy (non-hydrogen) atoms. The number of nitrogens with zero attached hydrogens (tertiary/aromatic N) is 1. The van der Waals surface area contributed by atoms with Gasteiger partial charge < -0.3 is 4.90 Å². The van der Waals surface area contributed by atoms with Crippen LogP contribution < -0.4 is 4.90 Å². The van der Waals surface area contributed by atoms with Crippen molar-refractivity contribution in [2.75, 3.05) is 4.90 Å². The molecule has 0 N–H and O–H groups in total. The molecule has 11 aromatic rings. The van der Waals surface area contributed by atoms with E-state index in [-0.39, 0.29) is 5.41 Å². The number of anilines is 3. The summed E-state index contributed by atoms with van der Waals surface area (Å²) in [4.78, 5) is 2.46. The van der Waals surface area contributed by atoms with E-state index in [0.717, 1.165) is 17.1 Å². The van der Waals surface area contributed by atoms with Crippen LogP contribution in [0.25, 0.3) is 77.5 Å². The van der Waals surface area contributed by atoms with E-state index in [2.05, 4.69) is 267 Å². The van der Waals surface area contributed by atoms with E-state index in [1.807, 2.05) is 0 Å². The molecule has 0 radical (unpaired) electrons. The predicted molar refractivity (Wildman–Crippen MR) is 289 cm³/mol. The summed E-state index contributed by atoms with van der Waals surface area (Å²) in [5, 5.41) is 2.50. The largest absolute Gasteiger partial charge is 0.310 e. The van der Waals surface area contributed by atoms with Crippen molar-refractivity contribution in [1.29, 1.82) is 0 Å². The molecule has 0 amide bonds. The third-order valence-electron chi connectivity index (χ3n) is 15.7. The van der Waals surface area contributed by atoms with Gasteiger partial charge in [0, 0.05) is 22.4 Å². The predicted octanol–water partition coefficient (Wildman–Crippen LogP) is 18.0. The Hall–Kier alpha value is -8.52. The lowest BCUT2D eigenvalue weighted by Crippen LogP contribution is -2.26. The highest BCUT2D eigenvalue weighted by Gasteiger charge is 2.52. The first-order valence-electron chi connectivity index (χ1n) is 24.3. The van der Waals surface area contributed by atoms with Crippen molar-refractivity contribution in [3.8, 4) is 66.8 Å². The van der Waals surface area contributed by atoms with Crippen LogP contribution in [0.3, 0.4) is 0 Å². The molecule has 1 heteroatoms. The average molecular weight is 878 g/mol. The first kappa shape index (κ1) is 39.6. The van der Waals surface area contributed by atoms with Gasteiger partial charge >= 0.3 is 0 Å². The second-order valence-corrected chi connectivity index (χ2v) is 19.5. The minimum atomic E-state index is -0.435. The summed E-state index contributed by atoms with van der Waals surface area (Å²) in [6.45, 7) is 4.73. The molecule has 0 heterocycles. The van der Waals surface area contributed by atoms with Crippen molar-refractivity contribution in [1.82, 2.24) is 0 Å². The molecule has 0 unspecified atom stereocenters. The standard InChI is InChI=1S/C68H47N/c1-67(2)59-27-10-8-23-58(59)65-56(25-16-31-63(65)67)55-22-9-14-32-64(55)69(49-39-35-45(36-40-49)48-34-33-44-17-3-4-18-47(44)43-48)50-41-37-46(38-42-50)51-24-15-26-57-54-21-7-13-30-62(54)68(66(51)57)60-28-11-5-19-52(60)53-20-6-12-29-61(53)68/h3-43H,1-2H3. The van der Waals surface area contributed by atoms with Crippen LogP contribution in [0.4, 0.5) is 17.1 Å². The van der Waals surface area contributed by atoms with Gasteiger partial charge in [0.2, 0.25) is 0 Å². The maximum absolute atomic E-state index is 2.46. The lowest BCUT2D eigenvalue weighted by atomic mass is 9.68. The molecular weight excluding hydrogens is 831 g/mol. The molecule has 0 saturated carbocycles. The van der Waals surface area contributed by atoms with E-state index in [4.69, 9.17) is 0 Å². The van der Waals surface area contributed by atoms with Crippen LogP contribution in [0, 0.1) is 0 Å². The smallest absolute Gasteiger partial charge is 0.0731 e. The number of para-hydroxylation sites is 1. The summed E-state index contributed by atoms with van der Waals surface area (Å²) in [5.41, 5.74) is 26.2.